The van der Waals surface area contributed by atoms with Crippen molar-refractivity contribution in [2.45, 2.75) is 13.8 Å². The van der Waals surface area contributed by atoms with Crippen LogP contribution < -0.4 is 0 Å². The minimum absolute atomic E-state index is 0.807. The van der Waals surface area contributed by atoms with Crippen molar-refractivity contribution < 1.29 is 0 Å². The van der Waals surface area contributed by atoms with E-state index in [9.17, 15) is 0 Å². The first-order valence-electron chi connectivity index (χ1n) is 7.92. The van der Waals surface area contributed by atoms with Gasteiger partial charge in [0.05, 0.1) is 22.8 Å². The minimum Gasteiger partial charge on any atom is -0.244 e. The third kappa shape index (κ3) is 3.04. The fraction of sp³-hybridized carbons (Fsp3) is 0.0909. The zero-order valence-corrected chi connectivity index (χ0v) is 14.1. The Hall–Kier alpha value is -3.00. The van der Waals surface area contributed by atoms with E-state index >= 15 is 0 Å². The molecular weight excluding hydrogens is 292 g/mol. The average Bonchev–Trinajstić information content (AvgIpc) is 2.62. The van der Waals surface area contributed by atoms with Crippen LogP contribution in [0.4, 0.5) is 0 Å². The van der Waals surface area contributed by atoms with E-state index in [-0.39, 0.29) is 0 Å². The molecule has 0 atom stereocenters. The summed E-state index contributed by atoms with van der Waals surface area (Å²) in [6.07, 6.45) is 0. The van der Waals surface area contributed by atoms with Gasteiger partial charge in [-0.15, -0.1) is 0 Å². The molecule has 0 saturated carbocycles. The summed E-state index contributed by atoms with van der Waals surface area (Å²) >= 11 is 0. The van der Waals surface area contributed by atoms with Crippen LogP contribution in [-0.4, -0.2) is 9.97 Å². The van der Waals surface area contributed by atoms with Gasteiger partial charge in [0.2, 0.25) is 0 Å². The highest BCUT2D eigenvalue weighted by Gasteiger charge is 2.17. The molecule has 0 fully saturated rings. The van der Waals surface area contributed by atoms with Crippen molar-refractivity contribution in [3.05, 3.63) is 85.2 Å². The van der Waals surface area contributed by atoms with Crippen LogP contribution in [0.15, 0.2) is 73.8 Å². The Morgan fingerprint density at radius 3 is 1.25 bits per heavy atom. The van der Waals surface area contributed by atoms with Crippen molar-refractivity contribution in [3.8, 4) is 22.5 Å². The Morgan fingerprint density at radius 2 is 0.958 bits per heavy atom. The van der Waals surface area contributed by atoms with E-state index in [4.69, 9.17) is 9.97 Å². The van der Waals surface area contributed by atoms with Crippen molar-refractivity contribution in [2.24, 2.45) is 0 Å². The second-order valence-corrected chi connectivity index (χ2v) is 5.91. The van der Waals surface area contributed by atoms with Gasteiger partial charge < -0.3 is 0 Å². The Balaban J connectivity index is 2.35. The molecule has 0 saturated heterocycles. The van der Waals surface area contributed by atoms with E-state index < -0.39 is 0 Å². The molecule has 0 bridgehead atoms. The summed E-state index contributed by atoms with van der Waals surface area (Å²) in [7, 11) is 0. The molecule has 0 N–H and O–H groups in total. The number of benzene rings is 2. The normalized spacial score (nSPS) is 10.4. The van der Waals surface area contributed by atoms with E-state index in [1.54, 1.807) is 0 Å². The molecule has 24 heavy (non-hydrogen) atoms. The Kier molecular flexibility index (Phi) is 4.39. The molecule has 0 unspecified atom stereocenters. The highest BCUT2D eigenvalue weighted by Crippen LogP contribution is 2.32. The van der Waals surface area contributed by atoms with Gasteiger partial charge in [-0.25, -0.2) is 9.97 Å². The molecule has 2 nitrogen and oxygen atoms in total. The lowest BCUT2D eigenvalue weighted by Gasteiger charge is -2.15. The molecule has 118 valence electrons. The number of aromatic nitrogens is 2. The summed E-state index contributed by atoms with van der Waals surface area (Å²) in [5, 5.41) is 0. The summed E-state index contributed by atoms with van der Waals surface area (Å²) in [4.78, 5) is 9.83. The molecule has 2 heteroatoms. The smallest absolute Gasteiger partial charge is 0.0973 e. The van der Waals surface area contributed by atoms with Crippen LogP contribution in [0.3, 0.4) is 0 Å². The van der Waals surface area contributed by atoms with Crippen molar-refractivity contribution in [1.82, 2.24) is 9.97 Å². The number of allylic oxidation sites excluding steroid dienone is 2. The second-order valence-electron chi connectivity index (χ2n) is 5.91. The molecule has 2 aromatic carbocycles. The van der Waals surface area contributed by atoms with Gasteiger partial charge in [-0.05, 0) is 25.0 Å². The molecule has 1 heterocycles. The summed E-state index contributed by atoms with van der Waals surface area (Å²) < 4.78 is 0. The molecule has 0 aliphatic carbocycles. The third-order valence-electron chi connectivity index (χ3n) is 3.80. The minimum atomic E-state index is 0.807. The zero-order chi connectivity index (χ0) is 17.1. The third-order valence-corrected chi connectivity index (χ3v) is 3.80. The van der Waals surface area contributed by atoms with Crippen molar-refractivity contribution in [2.75, 3.05) is 0 Å². The van der Waals surface area contributed by atoms with Gasteiger partial charge in [-0.1, -0.05) is 73.8 Å². The number of hydrogen-bond donors (Lipinski definition) is 0. The molecule has 0 radical (unpaired) electrons. The van der Waals surface area contributed by atoms with Crippen molar-refractivity contribution in [3.63, 3.8) is 0 Å². The molecule has 1 aromatic heterocycles. The van der Waals surface area contributed by atoms with E-state index in [0.717, 1.165) is 45.0 Å². The van der Waals surface area contributed by atoms with Crippen LogP contribution >= 0.6 is 0 Å². The van der Waals surface area contributed by atoms with Crippen LogP contribution in [0.25, 0.3) is 33.7 Å². The summed E-state index contributed by atoms with van der Waals surface area (Å²) in [6, 6.07) is 20.3. The summed E-state index contributed by atoms with van der Waals surface area (Å²) in [5.41, 5.74) is 7.20. The molecule has 0 aliphatic heterocycles. The fourth-order valence-corrected chi connectivity index (χ4v) is 2.63. The van der Waals surface area contributed by atoms with Crippen LogP contribution in [0.5, 0.6) is 0 Å². The average molecular weight is 312 g/mol. The van der Waals surface area contributed by atoms with E-state index in [2.05, 4.69) is 37.4 Å². The standard InChI is InChI=1S/C22H20N2/c1-15(2)19-20(16(3)4)24-22(18-13-9-6-10-14-18)21(23-19)17-11-7-5-8-12-17/h5-14H,1,3H2,2,4H3. The molecule has 3 rings (SSSR count). The highest BCUT2D eigenvalue weighted by atomic mass is 14.9. The predicted octanol–water partition coefficient (Wildman–Crippen LogP) is 5.88. The fourth-order valence-electron chi connectivity index (χ4n) is 2.63. The molecule has 0 aliphatic rings. The monoisotopic (exact) mass is 312 g/mol. The van der Waals surface area contributed by atoms with Gasteiger partial charge >= 0.3 is 0 Å². The summed E-state index contributed by atoms with van der Waals surface area (Å²) in [5.74, 6) is 0. The van der Waals surface area contributed by atoms with Crippen LogP contribution in [0, 0.1) is 0 Å². The zero-order valence-electron chi connectivity index (χ0n) is 14.1. The highest BCUT2D eigenvalue weighted by molar-refractivity contribution is 5.82. The Labute approximate surface area is 143 Å². The maximum absolute atomic E-state index is 4.92. The molecule has 0 spiro atoms. The summed E-state index contributed by atoms with van der Waals surface area (Å²) in [6.45, 7) is 12.0. The SMILES string of the molecule is C=C(C)c1nc(-c2ccccc2)c(-c2ccccc2)nc1C(=C)C. The van der Waals surface area contributed by atoms with E-state index in [1.165, 1.54) is 0 Å². The number of hydrogen-bond acceptors (Lipinski definition) is 2. The van der Waals surface area contributed by atoms with Crippen molar-refractivity contribution in [1.29, 1.82) is 0 Å². The first kappa shape index (κ1) is 15.9. The molecule has 3 aromatic rings. The van der Waals surface area contributed by atoms with Gasteiger partial charge in [0.25, 0.3) is 0 Å². The molecular formula is C22H20N2. The lowest BCUT2D eigenvalue weighted by Crippen LogP contribution is -2.03. The molecule has 0 amide bonds. The topological polar surface area (TPSA) is 25.8 Å². The predicted molar refractivity (Wildman–Crippen MR) is 102 cm³/mol. The lowest BCUT2D eigenvalue weighted by atomic mass is 10.0. The van der Waals surface area contributed by atoms with Gasteiger partial charge in [-0.3, -0.25) is 0 Å². The van der Waals surface area contributed by atoms with Gasteiger partial charge in [0, 0.05) is 11.1 Å². The van der Waals surface area contributed by atoms with Gasteiger partial charge in [0.1, 0.15) is 0 Å². The van der Waals surface area contributed by atoms with Gasteiger partial charge in [0.15, 0.2) is 0 Å². The second kappa shape index (κ2) is 6.63. The first-order valence-corrected chi connectivity index (χ1v) is 7.92. The quantitative estimate of drug-likeness (QED) is 0.601. The largest absolute Gasteiger partial charge is 0.244 e. The number of rotatable bonds is 4. The van der Waals surface area contributed by atoms with Gasteiger partial charge in [-0.2, -0.15) is 0 Å². The number of nitrogens with zero attached hydrogens (tertiary/aromatic N) is 2. The maximum atomic E-state index is 4.92. The van der Waals surface area contributed by atoms with Crippen molar-refractivity contribution >= 4 is 11.1 Å². The first-order chi connectivity index (χ1) is 11.6. The lowest BCUT2D eigenvalue weighted by molar-refractivity contribution is 1.14. The maximum Gasteiger partial charge on any atom is 0.0973 e. The Bertz CT molecular complexity index is 818. The van der Waals surface area contributed by atoms with Crippen LogP contribution in [0.1, 0.15) is 25.2 Å². The van der Waals surface area contributed by atoms with E-state index in [0.29, 0.717) is 0 Å². The van der Waals surface area contributed by atoms with Crippen LogP contribution in [-0.2, 0) is 0 Å². The van der Waals surface area contributed by atoms with E-state index in [1.807, 2.05) is 50.2 Å². The van der Waals surface area contributed by atoms with Crippen LogP contribution in [0.2, 0.25) is 0 Å². The Morgan fingerprint density at radius 1 is 0.625 bits per heavy atom.